The number of nitrogens with zero attached hydrogens (tertiary/aromatic N) is 6. The first-order chi connectivity index (χ1) is 12.1. The minimum absolute atomic E-state index is 0.156. The molecular formula is C15H14F2N6O2. The first-order valence-corrected chi connectivity index (χ1v) is 7.39. The third kappa shape index (κ3) is 3.84. The summed E-state index contributed by atoms with van der Waals surface area (Å²) in [4.78, 5) is 12.4. The number of para-hydroxylation sites is 1. The normalized spacial score (nSPS) is 10.8. The molecule has 0 radical (unpaired) electrons. The molecule has 0 N–H and O–H groups in total. The second-order valence-corrected chi connectivity index (χ2v) is 5.13. The number of hydrogen-bond acceptors (Lipinski definition) is 6. The van der Waals surface area contributed by atoms with Gasteiger partial charge in [-0.15, -0.1) is 10.2 Å². The molecule has 2 heterocycles. The highest BCUT2D eigenvalue weighted by atomic mass is 19.1. The Morgan fingerprint density at radius 1 is 1.20 bits per heavy atom. The summed E-state index contributed by atoms with van der Waals surface area (Å²) < 4.78 is 33.2. The van der Waals surface area contributed by atoms with E-state index in [2.05, 4.69) is 25.2 Å². The highest BCUT2D eigenvalue weighted by Gasteiger charge is 2.13. The summed E-state index contributed by atoms with van der Waals surface area (Å²) in [5, 5.41) is 15.9. The highest BCUT2D eigenvalue weighted by Crippen LogP contribution is 2.17. The number of aryl methyl sites for hydroxylation is 1. The lowest BCUT2D eigenvalue weighted by Crippen LogP contribution is -2.07. The number of carbonyl (C=O) groups excluding carboxylic acids is 1. The molecule has 0 aliphatic rings. The molecule has 25 heavy (non-hydrogen) atoms. The van der Waals surface area contributed by atoms with Gasteiger partial charge in [-0.25, -0.2) is 13.5 Å². The second-order valence-electron chi connectivity index (χ2n) is 5.13. The molecule has 0 saturated heterocycles. The van der Waals surface area contributed by atoms with Gasteiger partial charge >= 0.3 is 5.97 Å². The smallest absolute Gasteiger partial charge is 0.305 e. The maximum Gasteiger partial charge on any atom is 0.305 e. The number of ether oxygens (including phenoxy) is 1. The van der Waals surface area contributed by atoms with Crippen molar-refractivity contribution < 1.29 is 18.3 Å². The van der Waals surface area contributed by atoms with Crippen molar-refractivity contribution in [3.05, 3.63) is 53.6 Å². The third-order valence-corrected chi connectivity index (χ3v) is 3.39. The molecule has 0 atom stereocenters. The van der Waals surface area contributed by atoms with Gasteiger partial charge in [0.15, 0.2) is 17.5 Å². The SMILES string of the molecule is COC(=O)CCc1nnn(Cc2ccn(-c3c(F)cccc3F)n2)n1. The Morgan fingerprint density at radius 3 is 2.68 bits per heavy atom. The Labute approximate surface area is 141 Å². The molecule has 0 spiro atoms. The number of benzene rings is 1. The van der Waals surface area contributed by atoms with Gasteiger partial charge in [-0.2, -0.15) is 9.90 Å². The molecule has 0 fully saturated rings. The van der Waals surface area contributed by atoms with Crippen LogP contribution in [0.1, 0.15) is 17.9 Å². The van der Waals surface area contributed by atoms with E-state index in [0.29, 0.717) is 17.9 Å². The van der Waals surface area contributed by atoms with Gasteiger partial charge in [0.2, 0.25) is 0 Å². The van der Waals surface area contributed by atoms with Gasteiger partial charge in [0.1, 0.15) is 12.2 Å². The molecular weight excluding hydrogens is 334 g/mol. The lowest BCUT2D eigenvalue weighted by molar-refractivity contribution is -0.140. The van der Waals surface area contributed by atoms with Crippen LogP contribution in [0.2, 0.25) is 0 Å². The average Bonchev–Trinajstić information content (AvgIpc) is 3.22. The van der Waals surface area contributed by atoms with E-state index in [1.807, 2.05) is 0 Å². The predicted octanol–water partition coefficient (Wildman–Crippen LogP) is 1.29. The number of esters is 1. The summed E-state index contributed by atoms with van der Waals surface area (Å²) in [5.41, 5.74) is 0.249. The Bertz CT molecular complexity index is 872. The van der Waals surface area contributed by atoms with Crippen molar-refractivity contribution in [2.24, 2.45) is 0 Å². The third-order valence-electron chi connectivity index (χ3n) is 3.39. The largest absolute Gasteiger partial charge is 0.469 e. The van der Waals surface area contributed by atoms with Crippen LogP contribution in [0, 0.1) is 11.6 Å². The highest BCUT2D eigenvalue weighted by molar-refractivity contribution is 5.69. The molecule has 3 aromatic rings. The molecule has 130 valence electrons. The van der Waals surface area contributed by atoms with Crippen molar-refractivity contribution in [2.75, 3.05) is 7.11 Å². The second kappa shape index (κ2) is 7.16. The quantitative estimate of drug-likeness (QED) is 0.624. The van der Waals surface area contributed by atoms with Gasteiger partial charge < -0.3 is 4.74 Å². The molecule has 3 rings (SSSR count). The van der Waals surface area contributed by atoms with Crippen LogP contribution in [0.15, 0.2) is 30.5 Å². The van der Waals surface area contributed by atoms with E-state index in [4.69, 9.17) is 0 Å². The number of methoxy groups -OCH3 is 1. The molecule has 0 saturated carbocycles. The van der Waals surface area contributed by atoms with Gasteiger partial charge in [0, 0.05) is 12.6 Å². The van der Waals surface area contributed by atoms with E-state index >= 15 is 0 Å². The summed E-state index contributed by atoms with van der Waals surface area (Å²) in [6, 6.07) is 5.20. The number of carbonyl (C=O) groups is 1. The van der Waals surface area contributed by atoms with Crippen LogP contribution in [0.3, 0.4) is 0 Å². The zero-order valence-electron chi connectivity index (χ0n) is 13.3. The van der Waals surface area contributed by atoms with Crippen LogP contribution in [0.4, 0.5) is 8.78 Å². The van der Waals surface area contributed by atoms with Gasteiger partial charge in [0.05, 0.1) is 19.2 Å². The monoisotopic (exact) mass is 348 g/mol. The summed E-state index contributed by atoms with van der Waals surface area (Å²) in [6.07, 6.45) is 1.91. The van der Waals surface area contributed by atoms with Gasteiger partial charge in [-0.1, -0.05) is 6.07 Å². The van der Waals surface area contributed by atoms with E-state index in [9.17, 15) is 13.6 Å². The zero-order chi connectivity index (χ0) is 17.8. The first kappa shape index (κ1) is 16.7. The fraction of sp³-hybridized carbons (Fsp3) is 0.267. The van der Waals surface area contributed by atoms with Crippen LogP contribution in [0.25, 0.3) is 5.69 Å². The minimum Gasteiger partial charge on any atom is -0.469 e. The average molecular weight is 348 g/mol. The van der Waals surface area contributed by atoms with Gasteiger partial charge in [-0.05, 0) is 23.4 Å². The van der Waals surface area contributed by atoms with Crippen molar-refractivity contribution in [3.8, 4) is 5.69 Å². The van der Waals surface area contributed by atoms with Crippen LogP contribution < -0.4 is 0 Å². The molecule has 8 nitrogen and oxygen atoms in total. The Morgan fingerprint density at radius 2 is 1.96 bits per heavy atom. The van der Waals surface area contributed by atoms with Crippen molar-refractivity contribution in [3.63, 3.8) is 0 Å². The molecule has 10 heteroatoms. The standard InChI is InChI=1S/C15H14F2N6O2/c1-25-14(24)6-5-13-18-21-23(20-13)9-10-7-8-22(19-10)15-11(16)3-2-4-12(15)17/h2-4,7-8H,5-6,9H2,1H3. The number of tetrazole rings is 1. The molecule has 1 aromatic carbocycles. The predicted molar refractivity (Wildman–Crippen MR) is 80.7 cm³/mol. The fourth-order valence-electron chi connectivity index (χ4n) is 2.18. The summed E-state index contributed by atoms with van der Waals surface area (Å²) >= 11 is 0. The van der Waals surface area contributed by atoms with E-state index in [1.165, 1.54) is 24.2 Å². The van der Waals surface area contributed by atoms with Gasteiger partial charge in [-0.3, -0.25) is 4.79 Å². The maximum absolute atomic E-state index is 13.8. The number of halogens is 2. The number of hydrogen-bond donors (Lipinski definition) is 0. The Balaban J connectivity index is 1.70. The zero-order valence-corrected chi connectivity index (χ0v) is 13.3. The molecule has 0 aliphatic carbocycles. The fourth-order valence-corrected chi connectivity index (χ4v) is 2.18. The van der Waals surface area contributed by atoms with E-state index in [-0.39, 0.29) is 24.6 Å². The van der Waals surface area contributed by atoms with Crippen molar-refractivity contribution in [1.29, 1.82) is 0 Å². The summed E-state index contributed by atoms with van der Waals surface area (Å²) in [6.45, 7) is 0.175. The minimum atomic E-state index is -0.710. The summed E-state index contributed by atoms with van der Waals surface area (Å²) in [7, 11) is 1.31. The molecule has 2 aromatic heterocycles. The lowest BCUT2D eigenvalue weighted by Gasteiger charge is -2.04. The molecule has 0 bridgehead atoms. The molecule has 0 unspecified atom stereocenters. The van der Waals surface area contributed by atoms with Crippen LogP contribution in [-0.2, 0) is 22.5 Å². The van der Waals surface area contributed by atoms with Gasteiger partial charge in [0.25, 0.3) is 0 Å². The number of aromatic nitrogens is 6. The molecule has 0 aliphatic heterocycles. The Hall–Kier alpha value is -3.17. The van der Waals surface area contributed by atoms with Crippen LogP contribution in [-0.4, -0.2) is 43.1 Å². The first-order valence-electron chi connectivity index (χ1n) is 7.39. The summed E-state index contributed by atoms with van der Waals surface area (Å²) in [5.74, 6) is -1.38. The topological polar surface area (TPSA) is 87.7 Å². The van der Waals surface area contributed by atoms with Crippen molar-refractivity contribution in [2.45, 2.75) is 19.4 Å². The molecule has 0 amide bonds. The number of rotatable bonds is 6. The van der Waals surface area contributed by atoms with E-state index < -0.39 is 11.6 Å². The maximum atomic E-state index is 13.8. The lowest BCUT2D eigenvalue weighted by atomic mass is 10.3. The van der Waals surface area contributed by atoms with Crippen molar-refractivity contribution in [1.82, 2.24) is 30.0 Å². The van der Waals surface area contributed by atoms with Crippen LogP contribution in [0.5, 0.6) is 0 Å². The van der Waals surface area contributed by atoms with E-state index in [1.54, 1.807) is 6.07 Å². The van der Waals surface area contributed by atoms with Crippen molar-refractivity contribution >= 4 is 5.97 Å². The van der Waals surface area contributed by atoms with Crippen LogP contribution >= 0.6 is 0 Å². The Kier molecular flexibility index (Phi) is 4.78. The van der Waals surface area contributed by atoms with E-state index in [0.717, 1.165) is 16.8 Å².